The van der Waals surface area contributed by atoms with Gasteiger partial charge in [0.1, 0.15) is 6.04 Å². The van der Waals surface area contributed by atoms with Crippen LogP contribution in [0.5, 0.6) is 0 Å². The molecule has 3 rings (SSSR count). The lowest BCUT2D eigenvalue weighted by Gasteiger charge is -2.14. The van der Waals surface area contributed by atoms with Gasteiger partial charge >= 0.3 is 0 Å². The summed E-state index contributed by atoms with van der Waals surface area (Å²) in [6.45, 7) is 0.434. The van der Waals surface area contributed by atoms with E-state index in [1.54, 1.807) is 17.9 Å². The van der Waals surface area contributed by atoms with Crippen LogP contribution in [0.3, 0.4) is 0 Å². The van der Waals surface area contributed by atoms with Crippen molar-refractivity contribution in [1.29, 1.82) is 0 Å². The lowest BCUT2D eigenvalue weighted by molar-refractivity contribution is -0.123. The van der Waals surface area contributed by atoms with Crippen molar-refractivity contribution in [2.24, 2.45) is 7.05 Å². The minimum atomic E-state index is -0.433. The van der Waals surface area contributed by atoms with Gasteiger partial charge in [-0.25, -0.2) is 0 Å². The van der Waals surface area contributed by atoms with Crippen molar-refractivity contribution >= 4 is 18.3 Å². The van der Waals surface area contributed by atoms with Gasteiger partial charge in [0.25, 0.3) is 0 Å². The fraction of sp³-hybridized carbons (Fsp3) is 0.267. The minimum Gasteiger partial charge on any atom is -0.350 e. The third kappa shape index (κ3) is 4.40. The number of halogens is 1. The highest BCUT2D eigenvalue weighted by molar-refractivity contribution is 5.85. The molecule has 1 unspecified atom stereocenters. The third-order valence-corrected chi connectivity index (χ3v) is 3.63. The second-order valence-electron chi connectivity index (χ2n) is 5.32. The van der Waals surface area contributed by atoms with Gasteiger partial charge in [-0.05, 0) is 17.8 Å². The zero-order valence-corrected chi connectivity index (χ0v) is 14.6. The Kier molecular flexibility index (Phi) is 6.20. The molecule has 0 fully saturated rings. The van der Waals surface area contributed by atoms with Gasteiger partial charge in [-0.15, -0.1) is 22.6 Å². The summed E-state index contributed by atoms with van der Waals surface area (Å²) in [5.41, 5.74) is 2.67. The Balaban J connectivity index is 0.00000225. The second kappa shape index (κ2) is 8.36. The predicted octanol–water partition coefficient (Wildman–Crippen LogP) is 0.599. The summed E-state index contributed by atoms with van der Waals surface area (Å²) >= 11 is 0. The summed E-state index contributed by atoms with van der Waals surface area (Å²) in [5.74, 6) is 0.435. The Morgan fingerprint density at radius 2 is 2.08 bits per heavy atom. The van der Waals surface area contributed by atoms with Crippen molar-refractivity contribution in [2.75, 3.05) is 7.05 Å². The number of tetrazole rings is 1. The van der Waals surface area contributed by atoms with Gasteiger partial charge < -0.3 is 10.6 Å². The van der Waals surface area contributed by atoms with E-state index in [4.69, 9.17) is 0 Å². The van der Waals surface area contributed by atoms with E-state index in [0.717, 1.165) is 16.7 Å². The highest BCUT2D eigenvalue weighted by atomic mass is 35.5. The van der Waals surface area contributed by atoms with Crippen LogP contribution < -0.4 is 10.6 Å². The molecule has 3 aromatic rings. The first-order chi connectivity index (χ1) is 11.7. The van der Waals surface area contributed by atoms with E-state index in [1.165, 1.54) is 0 Å². The molecule has 0 radical (unpaired) electrons. The number of nitrogens with one attached hydrogen (secondary N) is 3. The van der Waals surface area contributed by atoms with E-state index in [1.807, 2.05) is 37.5 Å². The number of benzene rings is 1. The van der Waals surface area contributed by atoms with Gasteiger partial charge in [-0.2, -0.15) is 10.3 Å². The molecule has 2 aromatic heterocycles. The molecule has 0 saturated carbocycles. The first kappa shape index (κ1) is 18.6. The molecule has 1 aromatic carbocycles. The SMILES string of the molecule is CNC(C(=O)NCc1ccc(-c2nn[nH]n2)cc1)c1cnn(C)c1.Cl. The number of aryl methyl sites for hydroxylation is 1. The van der Waals surface area contributed by atoms with E-state index in [2.05, 4.69) is 36.4 Å². The maximum atomic E-state index is 12.4. The van der Waals surface area contributed by atoms with Gasteiger partial charge in [-0.1, -0.05) is 24.3 Å². The third-order valence-electron chi connectivity index (χ3n) is 3.63. The molecule has 0 aliphatic carbocycles. The second-order valence-corrected chi connectivity index (χ2v) is 5.32. The van der Waals surface area contributed by atoms with Crippen molar-refractivity contribution in [3.05, 3.63) is 47.8 Å². The Bertz CT molecular complexity index is 799. The van der Waals surface area contributed by atoms with Gasteiger partial charge in [0, 0.05) is 30.9 Å². The van der Waals surface area contributed by atoms with E-state index in [0.29, 0.717) is 12.4 Å². The highest BCUT2D eigenvalue weighted by Gasteiger charge is 2.19. The molecular formula is C15H19ClN8O. The van der Waals surface area contributed by atoms with E-state index >= 15 is 0 Å². The number of rotatable bonds is 6. The Labute approximate surface area is 150 Å². The van der Waals surface area contributed by atoms with Crippen molar-refractivity contribution < 1.29 is 4.79 Å². The fourth-order valence-corrected chi connectivity index (χ4v) is 2.39. The van der Waals surface area contributed by atoms with Gasteiger partial charge in [0.05, 0.1) is 6.20 Å². The molecule has 1 atom stereocenters. The van der Waals surface area contributed by atoms with Crippen molar-refractivity contribution in [1.82, 2.24) is 41.0 Å². The van der Waals surface area contributed by atoms with Crippen LogP contribution in [0.2, 0.25) is 0 Å². The minimum absolute atomic E-state index is 0. The number of H-pyrrole nitrogens is 1. The molecule has 0 bridgehead atoms. The number of carbonyl (C=O) groups is 1. The van der Waals surface area contributed by atoms with E-state index in [9.17, 15) is 4.79 Å². The largest absolute Gasteiger partial charge is 0.350 e. The zero-order chi connectivity index (χ0) is 16.9. The number of nitrogens with zero attached hydrogens (tertiary/aromatic N) is 5. The number of amides is 1. The number of aromatic amines is 1. The van der Waals surface area contributed by atoms with Crippen LogP contribution in [0.4, 0.5) is 0 Å². The lowest BCUT2D eigenvalue weighted by atomic mass is 10.1. The Hall–Kier alpha value is -2.78. The standard InChI is InChI=1S/C15H18N8O.ClH/c1-16-13(12-8-18-23(2)9-12)15(24)17-7-10-3-5-11(6-4-10)14-19-21-22-20-14;/h3-6,8-9,13,16H,7H2,1-2H3,(H,17,24)(H,19,20,21,22);1H. The molecule has 0 saturated heterocycles. The molecule has 2 heterocycles. The van der Waals surface area contributed by atoms with Crippen LogP contribution in [0.25, 0.3) is 11.4 Å². The topological polar surface area (TPSA) is 113 Å². The van der Waals surface area contributed by atoms with Gasteiger partial charge in [0.15, 0.2) is 0 Å². The molecular weight excluding hydrogens is 344 g/mol. The fourth-order valence-electron chi connectivity index (χ4n) is 2.39. The number of carbonyl (C=O) groups excluding carboxylic acids is 1. The summed E-state index contributed by atoms with van der Waals surface area (Å²) in [6.07, 6.45) is 3.50. The number of likely N-dealkylation sites (N-methyl/N-ethyl adjacent to an activating group) is 1. The van der Waals surface area contributed by atoms with Crippen molar-refractivity contribution in [3.63, 3.8) is 0 Å². The van der Waals surface area contributed by atoms with Crippen LogP contribution in [-0.4, -0.2) is 43.4 Å². The maximum Gasteiger partial charge on any atom is 0.242 e. The van der Waals surface area contributed by atoms with Crippen LogP contribution in [0, 0.1) is 0 Å². The molecule has 25 heavy (non-hydrogen) atoms. The normalized spacial score (nSPS) is 11.6. The Morgan fingerprint density at radius 3 is 2.64 bits per heavy atom. The highest BCUT2D eigenvalue weighted by Crippen LogP contribution is 2.15. The molecule has 3 N–H and O–H groups in total. The zero-order valence-electron chi connectivity index (χ0n) is 13.8. The molecule has 0 aliphatic rings. The smallest absolute Gasteiger partial charge is 0.242 e. The number of hydrogen-bond acceptors (Lipinski definition) is 6. The maximum absolute atomic E-state index is 12.4. The summed E-state index contributed by atoms with van der Waals surface area (Å²) in [5, 5.41) is 23.8. The Morgan fingerprint density at radius 1 is 1.32 bits per heavy atom. The molecule has 1 amide bonds. The van der Waals surface area contributed by atoms with Crippen LogP contribution >= 0.6 is 12.4 Å². The molecule has 10 heteroatoms. The van der Waals surface area contributed by atoms with Crippen molar-refractivity contribution in [2.45, 2.75) is 12.6 Å². The van der Waals surface area contributed by atoms with E-state index < -0.39 is 6.04 Å². The van der Waals surface area contributed by atoms with E-state index in [-0.39, 0.29) is 18.3 Å². The summed E-state index contributed by atoms with van der Waals surface area (Å²) < 4.78 is 1.67. The predicted molar refractivity (Wildman–Crippen MR) is 93.7 cm³/mol. The first-order valence-electron chi connectivity index (χ1n) is 7.43. The summed E-state index contributed by atoms with van der Waals surface area (Å²) in [6, 6.07) is 7.19. The molecule has 0 aliphatic heterocycles. The molecule has 0 spiro atoms. The summed E-state index contributed by atoms with van der Waals surface area (Å²) in [4.78, 5) is 12.4. The van der Waals surface area contributed by atoms with Crippen LogP contribution in [0.15, 0.2) is 36.7 Å². The molecule has 9 nitrogen and oxygen atoms in total. The average Bonchev–Trinajstić information content (AvgIpc) is 3.26. The van der Waals surface area contributed by atoms with Crippen LogP contribution in [-0.2, 0) is 18.4 Å². The molecule has 132 valence electrons. The van der Waals surface area contributed by atoms with Gasteiger partial charge in [-0.3, -0.25) is 9.48 Å². The average molecular weight is 363 g/mol. The monoisotopic (exact) mass is 362 g/mol. The summed E-state index contributed by atoms with van der Waals surface area (Å²) in [7, 11) is 3.57. The van der Waals surface area contributed by atoms with Crippen molar-refractivity contribution in [3.8, 4) is 11.4 Å². The lowest BCUT2D eigenvalue weighted by Crippen LogP contribution is -2.35. The number of hydrogen-bond donors (Lipinski definition) is 3. The van der Waals surface area contributed by atoms with Gasteiger partial charge in [0.2, 0.25) is 11.7 Å². The first-order valence-corrected chi connectivity index (χ1v) is 7.43. The van der Waals surface area contributed by atoms with Crippen LogP contribution in [0.1, 0.15) is 17.2 Å². The number of aromatic nitrogens is 6. The quantitative estimate of drug-likeness (QED) is 0.591.